The molecule has 7 atom stereocenters. The summed E-state index contributed by atoms with van der Waals surface area (Å²) in [7, 11) is 0. The second-order valence-corrected chi connectivity index (χ2v) is 7.50. The second kappa shape index (κ2) is 3.98. The predicted molar refractivity (Wildman–Crippen MR) is 69.6 cm³/mol. The van der Waals surface area contributed by atoms with E-state index >= 15 is 0 Å². The van der Waals surface area contributed by atoms with Crippen LogP contribution >= 0.6 is 0 Å². The van der Waals surface area contributed by atoms with Crippen LogP contribution in [0.3, 0.4) is 0 Å². The van der Waals surface area contributed by atoms with Gasteiger partial charge in [0.25, 0.3) is 0 Å². The lowest BCUT2D eigenvalue weighted by molar-refractivity contribution is -0.416. The topological polar surface area (TPSA) is 85.2 Å². The number of hydrogen-bond donors (Lipinski definition) is 2. The van der Waals surface area contributed by atoms with E-state index < -0.39 is 29.0 Å². The van der Waals surface area contributed by atoms with Crippen LogP contribution in [0.25, 0.3) is 0 Å². The molecule has 0 aromatic carbocycles. The molecule has 2 aliphatic carbocycles. The maximum Gasteiger partial charge on any atom is 0.309 e. The van der Waals surface area contributed by atoms with Crippen LogP contribution in [0, 0.1) is 17.3 Å². The minimum Gasteiger partial charge on any atom is -0.456 e. The fourth-order valence-electron chi connectivity index (χ4n) is 4.92. The number of aliphatic hydroxyl groups excluding tert-OH is 1. The molecule has 4 rings (SSSR count). The van der Waals surface area contributed by atoms with Crippen LogP contribution in [0.1, 0.15) is 46.0 Å². The number of fused-ring (bicyclic) bond motifs is 3. The van der Waals surface area contributed by atoms with Crippen LogP contribution in [0.5, 0.6) is 0 Å². The van der Waals surface area contributed by atoms with Gasteiger partial charge in [0.1, 0.15) is 5.60 Å². The van der Waals surface area contributed by atoms with Gasteiger partial charge < -0.3 is 14.9 Å². The predicted octanol–water partition coefficient (Wildman–Crippen LogP) is 0.898. The Bertz CT molecular complexity index is 495. The monoisotopic (exact) mass is 298 g/mol. The van der Waals surface area contributed by atoms with E-state index in [1.165, 1.54) is 0 Å². The number of hydrogen-bond acceptors (Lipinski definition) is 6. The van der Waals surface area contributed by atoms with Crippen LogP contribution in [-0.2, 0) is 19.3 Å². The zero-order chi connectivity index (χ0) is 15.0. The van der Waals surface area contributed by atoms with Crippen molar-refractivity contribution >= 4 is 5.97 Å². The van der Waals surface area contributed by atoms with E-state index in [-0.39, 0.29) is 24.2 Å². The van der Waals surface area contributed by atoms with Crippen LogP contribution in [0.4, 0.5) is 0 Å². The molecule has 118 valence electrons. The van der Waals surface area contributed by atoms with Crippen LogP contribution in [0.15, 0.2) is 0 Å². The van der Waals surface area contributed by atoms with Gasteiger partial charge in [-0.05, 0) is 25.7 Å². The molecule has 6 heteroatoms. The van der Waals surface area contributed by atoms with Crippen LogP contribution in [-0.4, -0.2) is 39.8 Å². The third-order valence-corrected chi connectivity index (χ3v) is 6.57. The number of aliphatic hydroxyl groups is 2. The highest BCUT2D eigenvalue weighted by atomic mass is 17.2. The van der Waals surface area contributed by atoms with E-state index in [1.54, 1.807) is 0 Å². The molecular weight excluding hydrogens is 276 g/mol. The van der Waals surface area contributed by atoms with Gasteiger partial charge in [0, 0.05) is 17.8 Å². The van der Waals surface area contributed by atoms with Gasteiger partial charge in [0.2, 0.25) is 5.79 Å². The number of carbonyl (C=O) groups excluding carboxylic acids is 1. The van der Waals surface area contributed by atoms with Crippen molar-refractivity contribution in [2.75, 3.05) is 0 Å². The molecule has 1 unspecified atom stereocenters. The fraction of sp³-hybridized carbons (Fsp3) is 0.933. The molecule has 2 saturated heterocycles. The average molecular weight is 298 g/mol. The van der Waals surface area contributed by atoms with Gasteiger partial charge in [0.05, 0.1) is 12.0 Å². The van der Waals surface area contributed by atoms with Crippen LogP contribution < -0.4 is 0 Å². The van der Waals surface area contributed by atoms with Crippen molar-refractivity contribution in [2.24, 2.45) is 17.3 Å². The van der Waals surface area contributed by atoms with Crippen molar-refractivity contribution in [3.8, 4) is 0 Å². The summed E-state index contributed by atoms with van der Waals surface area (Å²) in [6.45, 7) is 3.83. The summed E-state index contributed by atoms with van der Waals surface area (Å²) in [5, 5.41) is 21.3. The quantitative estimate of drug-likeness (QED) is 0.510. The van der Waals surface area contributed by atoms with E-state index in [9.17, 15) is 15.0 Å². The number of ether oxygens (including phenoxy) is 1. The summed E-state index contributed by atoms with van der Waals surface area (Å²) in [6, 6.07) is 0. The zero-order valence-electron chi connectivity index (χ0n) is 12.4. The zero-order valence-corrected chi connectivity index (χ0v) is 12.4. The molecule has 6 nitrogen and oxygen atoms in total. The van der Waals surface area contributed by atoms with Crippen molar-refractivity contribution in [3.63, 3.8) is 0 Å². The van der Waals surface area contributed by atoms with E-state index in [1.807, 2.05) is 13.8 Å². The van der Waals surface area contributed by atoms with Crippen molar-refractivity contribution in [2.45, 2.75) is 69.5 Å². The first-order chi connectivity index (χ1) is 9.81. The minimum absolute atomic E-state index is 0.105. The van der Waals surface area contributed by atoms with Gasteiger partial charge in [0.15, 0.2) is 6.10 Å². The van der Waals surface area contributed by atoms with Gasteiger partial charge in [-0.2, -0.15) is 4.89 Å². The first-order valence-corrected chi connectivity index (χ1v) is 7.79. The summed E-state index contributed by atoms with van der Waals surface area (Å²) < 4.78 is 5.39. The third kappa shape index (κ3) is 1.54. The van der Waals surface area contributed by atoms with Gasteiger partial charge in [-0.3, -0.25) is 4.79 Å². The van der Waals surface area contributed by atoms with E-state index in [4.69, 9.17) is 14.5 Å². The maximum absolute atomic E-state index is 11.9. The Labute approximate surface area is 123 Å². The molecular formula is C15H22O6. The molecule has 2 aliphatic heterocycles. The first kappa shape index (κ1) is 13.9. The largest absolute Gasteiger partial charge is 0.456 e. The summed E-state index contributed by atoms with van der Waals surface area (Å²) in [4.78, 5) is 22.8. The van der Waals surface area contributed by atoms with Gasteiger partial charge in [-0.15, -0.1) is 0 Å². The molecule has 2 N–H and O–H groups in total. The Hall–Kier alpha value is -0.690. The Morgan fingerprint density at radius 3 is 2.76 bits per heavy atom. The molecule has 4 fully saturated rings. The molecule has 2 saturated carbocycles. The van der Waals surface area contributed by atoms with Gasteiger partial charge >= 0.3 is 5.97 Å². The number of rotatable bonds is 0. The molecule has 2 heterocycles. The molecule has 0 amide bonds. The normalized spacial score (nSPS) is 59.1. The lowest BCUT2D eigenvalue weighted by atomic mass is 9.64. The highest BCUT2D eigenvalue weighted by Gasteiger charge is 2.71. The molecule has 1 spiro atoms. The van der Waals surface area contributed by atoms with E-state index in [2.05, 4.69) is 0 Å². The molecule has 4 aliphatic rings. The van der Waals surface area contributed by atoms with E-state index in [0.29, 0.717) is 19.3 Å². The molecule has 0 radical (unpaired) electrons. The maximum atomic E-state index is 11.9. The second-order valence-electron chi connectivity index (χ2n) is 7.50. The van der Waals surface area contributed by atoms with Crippen molar-refractivity contribution in [3.05, 3.63) is 0 Å². The van der Waals surface area contributed by atoms with Crippen LogP contribution in [0.2, 0.25) is 0 Å². The lowest BCUT2D eigenvalue weighted by Crippen LogP contribution is -2.53. The Kier molecular flexibility index (Phi) is 2.64. The first-order valence-electron chi connectivity index (χ1n) is 7.79. The standard InChI is InChI=1S/C15H22O6/c1-8-9-3-5-13(2)10(16)4-6-14(13)7-15(18,21-20-14)11(9)19-12(8)17/h8-11,16,18H,3-7H2,1-2H3/t8-,9?,10+,11-,13-,14+,15-/m0/s1. The lowest BCUT2D eigenvalue weighted by Gasteiger charge is -2.43. The Morgan fingerprint density at radius 2 is 2.00 bits per heavy atom. The average Bonchev–Trinajstić information content (AvgIpc) is 3.02. The highest BCUT2D eigenvalue weighted by molar-refractivity contribution is 5.75. The SMILES string of the molecule is C[C@@H]1C(=O)O[C@H]2C1CC[C@@]1(C)[C@H](O)CC[C@@]13C[C@]2(O)OO3. The summed E-state index contributed by atoms with van der Waals surface area (Å²) >= 11 is 0. The van der Waals surface area contributed by atoms with Gasteiger partial charge in [-0.1, -0.05) is 13.8 Å². The van der Waals surface area contributed by atoms with E-state index in [0.717, 1.165) is 6.42 Å². The molecule has 21 heavy (non-hydrogen) atoms. The van der Waals surface area contributed by atoms with Crippen molar-refractivity contribution in [1.29, 1.82) is 0 Å². The summed E-state index contributed by atoms with van der Waals surface area (Å²) in [5.41, 5.74) is -1.15. The highest BCUT2D eigenvalue weighted by Crippen LogP contribution is 2.62. The minimum atomic E-state index is -1.60. The Morgan fingerprint density at radius 1 is 1.24 bits per heavy atom. The third-order valence-electron chi connectivity index (χ3n) is 6.57. The molecule has 2 bridgehead atoms. The van der Waals surface area contributed by atoms with Crippen molar-refractivity contribution < 1.29 is 29.5 Å². The number of esters is 1. The summed E-state index contributed by atoms with van der Waals surface area (Å²) in [6.07, 6.45) is 1.82. The fourth-order valence-corrected chi connectivity index (χ4v) is 4.92. The van der Waals surface area contributed by atoms with Gasteiger partial charge in [-0.25, -0.2) is 4.89 Å². The summed E-state index contributed by atoms with van der Waals surface area (Å²) in [5.74, 6) is -2.26. The molecule has 0 aromatic rings. The molecule has 0 aromatic heterocycles. The smallest absolute Gasteiger partial charge is 0.309 e. The van der Waals surface area contributed by atoms with Crippen molar-refractivity contribution in [1.82, 2.24) is 0 Å². The number of carbonyl (C=O) groups is 1. The Balaban J connectivity index is 1.77.